The third kappa shape index (κ3) is 15.1. The second-order valence-corrected chi connectivity index (χ2v) is 5.36. The third-order valence-corrected chi connectivity index (χ3v) is 3.41. The standard InChI is InChI=1S/C16H30O3/c1-2-3-4-5-6-7-8-9-12-15(17)13-10-11-14-16(18)19/h2-14H2,1H3,(H,18,19). The number of carboxylic acid groups (broad SMARTS) is 1. The van der Waals surface area contributed by atoms with E-state index in [1.807, 2.05) is 0 Å². The van der Waals surface area contributed by atoms with Crippen LogP contribution in [0.1, 0.15) is 90.4 Å². The third-order valence-electron chi connectivity index (χ3n) is 3.41. The van der Waals surface area contributed by atoms with Crippen molar-refractivity contribution in [1.29, 1.82) is 0 Å². The lowest BCUT2D eigenvalue weighted by molar-refractivity contribution is -0.137. The van der Waals surface area contributed by atoms with Crippen molar-refractivity contribution in [2.24, 2.45) is 0 Å². The average Bonchev–Trinajstić information content (AvgIpc) is 2.37. The van der Waals surface area contributed by atoms with E-state index in [2.05, 4.69) is 6.92 Å². The first kappa shape index (κ1) is 18.1. The highest BCUT2D eigenvalue weighted by atomic mass is 16.4. The molecule has 0 aliphatic rings. The van der Waals surface area contributed by atoms with Crippen molar-refractivity contribution in [3.63, 3.8) is 0 Å². The lowest BCUT2D eigenvalue weighted by Gasteiger charge is -2.02. The molecule has 0 unspecified atom stereocenters. The molecule has 0 rings (SSSR count). The van der Waals surface area contributed by atoms with Gasteiger partial charge in [0, 0.05) is 19.3 Å². The summed E-state index contributed by atoms with van der Waals surface area (Å²) in [5.41, 5.74) is 0. The Balaban J connectivity index is 3.18. The highest BCUT2D eigenvalue weighted by Gasteiger charge is 2.03. The lowest BCUT2D eigenvalue weighted by Crippen LogP contribution is -1.99. The molecule has 3 nitrogen and oxygen atoms in total. The Labute approximate surface area is 117 Å². The molecule has 0 saturated heterocycles. The lowest BCUT2D eigenvalue weighted by atomic mass is 10.0. The molecule has 3 heteroatoms. The Morgan fingerprint density at radius 2 is 1.11 bits per heavy atom. The minimum Gasteiger partial charge on any atom is -0.481 e. The molecule has 0 aliphatic heterocycles. The maximum atomic E-state index is 11.5. The van der Waals surface area contributed by atoms with Crippen molar-refractivity contribution >= 4 is 11.8 Å². The fraction of sp³-hybridized carbons (Fsp3) is 0.875. The first-order valence-corrected chi connectivity index (χ1v) is 7.90. The van der Waals surface area contributed by atoms with Crippen molar-refractivity contribution in [3.8, 4) is 0 Å². The molecule has 0 spiro atoms. The van der Waals surface area contributed by atoms with Crippen molar-refractivity contribution in [2.45, 2.75) is 90.4 Å². The number of Topliss-reactive ketones (excluding diaryl/α,β-unsaturated/α-hetero) is 1. The zero-order valence-corrected chi connectivity index (χ0v) is 12.5. The number of hydrogen-bond donors (Lipinski definition) is 1. The van der Waals surface area contributed by atoms with Crippen LogP contribution in [0, 0.1) is 0 Å². The second-order valence-electron chi connectivity index (χ2n) is 5.36. The fourth-order valence-electron chi connectivity index (χ4n) is 2.18. The first-order chi connectivity index (χ1) is 9.16. The van der Waals surface area contributed by atoms with Crippen molar-refractivity contribution < 1.29 is 14.7 Å². The Kier molecular flexibility index (Phi) is 13.0. The summed E-state index contributed by atoms with van der Waals surface area (Å²) in [7, 11) is 0. The highest BCUT2D eigenvalue weighted by molar-refractivity contribution is 5.78. The molecule has 0 heterocycles. The summed E-state index contributed by atoms with van der Waals surface area (Å²) in [4.78, 5) is 21.8. The van der Waals surface area contributed by atoms with E-state index >= 15 is 0 Å². The summed E-state index contributed by atoms with van der Waals surface area (Å²) in [6.45, 7) is 2.22. The van der Waals surface area contributed by atoms with Crippen molar-refractivity contribution in [2.75, 3.05) is 0 Å². The minimum absolute atomic E-state index is 0.186. The predicted octanol–water partition coefficient (Wildman–Crippen LogP) is 4.73. The molecule has 0 bridgehead atoms. The highest BCUT2D eigenvalue weighted by Crippen LogP contribution is 2.11. The maximum absolute atomic E-state index is 11.5. The molecular formula is C16H30O3. The van der Waals surface area contributed by atoms with Gasteiger partial charge < -0.3 is 5.11 Å². The van der Waals surface area contributed by atoms with E-state index in [0.717, 1.165) is 19.3 Å². The molecule has 19 heavy (non-hydrogen) atoms. The molecule has 0 aromatic carbocycles. The number of carboxylic acids is 1. The predicted molar refractivity (Wildman–Crippen MR) is 78.3 cm³/mol. The summed E-state index contributed by atoms with van der Waals surface area (Å²) in [5, 5.41) is 8.47. The van der Waals surface area contributed by atoms with Crippen LogP contribution in [0.4, 0.5) is 0 Å². The first-order valence-electron chi connectivity index (χ1n) is 7.90. The number of carbonyl (C=O) groups excluding carboxylic acids is 1. The van der Waals surface area contributed by atoms with E-state index in [1.54, 1.807) is 0 Å². The van der Waals surface area contributed by atoms with Gasteiger partial charge in [-0.1, -0.05) is 51.9 Å². The zero-order valence-electron chi connectivity index (χ0n) is 12.5. The molecule has 1 N–H and O–H groups in total. The summed E-state index contributed by atoms with van der Waals surface area (Å²) < 4.78 is 0. The van der Waals surface area contributed by atoms with Gasteiger partial charge in [-0.05, 0) is 19.3 Å². The second kappa shape index (κ2) is 13.6. The Morgan fingerprint density at radius 3 is 1.63 bits per heavy atom. The topological polar surface area (TPSA) is 54.4 Å². The number of carbonyl (C=O) groups is 2. The molecule has 0 saturated carbocycles. The van der Waals surface area contributed by atoms with Gasteiger partial charge >= 0.3 is 5.97 Å². The average molecular weight is 270 g/mol. The van der Waals surface area contributed by atoms with E-state index in [0.29, 0.717) is 25.0 Å². The van der Waals surface area contributed by atoms with Crippen LogP contribution in [-0.2, 0) is 9.59 Å². The number of rotatable bonds is 14. The molecule has 0 amide bonds. The number of aliphatic carboxylic acids is 1. The smallest absolute Gasteiger partial charge is 0.303 e. The van der Waals surface area contributed by atoms with Crippen LogP contribution in [0.3, 0.4) is 0 Å². The minimum atomic E-state index is -0.768. The molecule has 0 aliphatic carbocycles. The number of ketones is 1. The molecule has 0 aromatic rings. The summed E-state index contributed by atoms with van der Waals surface area (Å²) in [6.07, 6.45) is 12.8. The Bertz CT molecular complexity index is 236. The largest absolute Gasteiger partial charge is 0.481 e. The van der Waals surface area contributed by atoms with E-state index < -0.39 is 5.97 Å². The van der Waals surface area contributed by atoms with Crippen LogP contribution in [0.15, 0.2) is 0 Å². The Hall–Kier alpha value is -0.860. The van der Waals surface area contributed by atoms with Crippen LogP contribution < -0.4 is 0 Å². The molecular weight excluding hydrogens is 240 g/mol. The Morgan fingerprint density at radius 1 is 0.684 bits per heavy atom. The SMILES string of the molecule is CCCCCCCCCCC(=O)CCCCC(=O)O. The van der Waals surface area contributed by atoms with E-state index in [-0.39, 0.29) is 6.42 Å². The van der Waals surface area contributed by atoms with Gasteiger partial charge in [0.05, 0.1) is 0 Å². The van der Waals surface area contributed by atoms with Gasteiger partial charge in [-0.3, -0.25) is 9.59 Å². The van der Waals surface area contributed by atoms with Crippen LogP contribution in [-0.4, -0.2) is 16.9 Å². The van der Waals surface area contributed by atoms with Crippen molar-refractivity contribution in [1.82, 2.24) is 0 Å². The van der Waals surface area contributed by atoms with Gasteiger partial charge in [0.15, 0.2) is 0 Å². The normalized spacial score (nSPS) is 10.6. The van der Waals surface area contributed by atoms with Gasteiger partial charge in [0.2, 0.25) is 0 Å². The fourth-order valence-corrected chi connectivity index (χ4v) is 2.18. The maximum Gasteiger partial charge on any atom is 0.303 e. The number of hydrogen-bond acceptors (Lipinski definition) is 2. The van der Waals surface area contributed by atoms with E-state index in [1.165, 1.54) is 38.5 Å². The zero-order chi connectivity index (χ0) is 14.3. The van der Waals surface area contributed by atoms with Gasteiger partial charge in [0.25, 0.3) is 0 Å². The monoisotopic (exact) mass is 270 g/mol. The quantitative estimate of drug-likeness (QED) is 0.464. The summed E-state index contributed by atoms with van der Waals surface area (Å²) in [6, 6.07) is 0. The molecule has 0 atom stereocenters. The molecule has 0 radical (unpaired) electrons. The van der Waals surface area contributed by atoms with Gasteiger partial charge in [0.1, 0.15) is 5.78 Å². The van der Waals surface area contributed by atoms with E-state index in [9.17, 15) is 9.59 Å². The van der Waals surface area contributed by atoms with Gasteiger partial charge in [-0.2, -0.15) is 0 Å². The van der Waals surface area contributed by atoms with Crippen LogP contribution in [0.2, 0.25) is 0 Å². The molecule has 0 fully saturated rings. The van der Waals surface area contributed by atoms with Crippen LogP contribution in [0.5, 0.6) is 0 Å². The summed E-state index contributed by atoms with van der Waals surface area (Å²) >= 11 is 0. The van der Waals surface area contributed by atoms with Crippen LogP contribution >= 0.6 is 0 Å². The van der Waals surface area contributed by atoms with Gasteiger partial charge in [-0.15, -0.1) is 0 Å². The van der Waals surface area contributed by atoms with Gasteiger partial charge in [-0.25, -0.2) is 0 Å². The van der Waals surface area contributed by atoms with E-state index in [4.69, 9.17) is 5.11 Å². The van der Waals surface area contributed by atoms with Crippen LogP contribution in [0.25, 0.3) is 0 Å². The molecule has 112 valence electrons. The van der Waals surface area contributed by atoms with Crippen molar-refractivity contribution in [3.05, 3.63) is 0 Å². The molecule has 0 aromatic heterocycles. The summed E-state index contributed by atoms with van der Waals surface area (Å²) in [5.74, 6) is -0.466. The number of unbranched alkanes of at least 4 members (excludes halogenated alkanes) is 8.